The van der Waals surface area contributed by atoms with Crippen LogP contribution in [0.15, 0.2) is 28.8 Å². The number of hydrogen-bond acceptors (Lipinski definition) is 2. The fraction of sp³-hybridized carbons (Fsp3) is 0.231. The van der Waals surface area contributed by atoms with E-state index in [2.05, 4.69) is 26.6 Å². The summed E-state index contributed by atoms with van der Waals surface area (Å²) in [6.45, 7) is 0. The zero-order chi connectivity index (χ0) is 15.6. The number of carbonyl (C=O) groups is 2. The second-order valence-electron chi connectivity index (χ2n) is 4.52. The average molecular weight is 361 g/mol. The van der Waals surface area contributed by atoms with E-state index in [0.717, 1.165) is 12.1 Å². The summed E-state index contributed by atoms with van der Waals surface area (Å²) in [7, 11) is 0. The lowest BCUT2D eigenvalue weighted by atomic mass is 10.1. The van der Waals surface area contributed by atoms with Gasteiger partial charge in [0.2, 0.25) is 0 Å². The van der Waals surface area contributed by atoms with E-state index in [4.69, 9.17) is 5.11 Å². The summed E-state index contributed by atoms with van der Waals surface area (Å²) in [4.78, 5) is 22.5. The minimum atomic E-state index is -0.975. The van der Waals surface area contributed by atoms with Crippen molar-refractivity contribution in [3.05, 3.63) is 40.4 Å². The third-order valence-electron chi connectivity index (χ3n) is 2.98. The van der Waals surface area contributed by atoms with Crippen molar-refractivity contribution in [2.24, 2.45) is 5.92 Å². The molecule has 0 heterocycles. The van der Waals surface area contributed by atoms with E-state index in [0.29, 0.717) is 0 Å². The molecular weight excluding hydrogens is 350 g/mol. The molecule has 2 unspecified atom stereocenters. The van der Waals surface area contributed by atoms with E-state index in [9.17, 15) is 18.4 Å². The first-order chi connectivity index (χ1) is 9.86. The molecule has 0 aromatic heterocycles. The first-order valence-electron chi connectivity index (χ1n) is 6.00. The number of carbonyl (C=O) groups excluding carboxylic acids is 1. The van der Waals surface area contributed by atoms with Crippen LogP contribution in [0.3, 0.4) is 0 Å². The summed E-state index contributed by atoms with van der Waals surface area (Å²) in [6, 6.07) is 0.551. The van der Waals surface area contributed by atoms with Crippen molar-refractivity contribution >= 4 is 33.6 Å². The van der Waals surface area contributed by atoms with Gasteiger partial charge in [0, 0.05) is 6.07 Å². The Bertz CT molecular complexity index is 622. The molecule has 5 nitrogen and oxygen atoms in total. The maximum absolute atomic E-state index is 13.5. The second kappa shape index (κ2) is 6.21. The Kier molecular flexibility index (Phi) is 4.56. The van der Waals surface area contributed by atoms with Crippen molar-refractivity contribution in [3.8, 4) is 0 Å². The molecule has 1 aromatic carbocycles. The first-order valence-corrected chi connectivity index (χ1v) is 6.79. The number of carboxylic acids is 1. The van der Waals surface area contributed by atoms with E-state index in [1.54, 1.807) is 6.08 Å². The molecule has 0 saturated carbocycles. The SMILES string of the molecule is O=C(Nc1cc(F)c(Br)cc1F)NC1C=CC(C(=O)O)C1. The Morgan fingerprint density at radius 1 is 1.24 bits per heavy atom. The Morgan fingerprint density at radius 3 is 2.57 bits per heavy atom. The van der Waals surface area contributed by atoms with Gasteiger partial charge in [-0.3, -0.25) is 4.79 Å². The molecule has 1 aromatic rings. The smallest absolute Gasteiger partial charge is 0.319 e. The number of benzene rings is 1. The Balaban J connectivity index is 1.96. The van der Waals surface area contributed by atoms with Crippen molar-refractivity contribution in [2.75, 3.05) is 5.32 Å². The monoisotopic (exact) mass is 360 g/mol. The highest BCUT2D eigenvalue weighted by Gasteiger charge is 2.25. The van der Waals surface area contributed by atoms with E-state index in [1.165, 1.54) is 6.08 Å². The largest absolute Gasteiger partial charge is 0.481 e. The topological polar surface area (TPSA) is 78.4 Å². The molecule has 21 heavy (non-hydrogen) atoms. The molecule has 0 spiro atoms. The van der Waals surface area contributed by atoms with Gasteiger partial charge in [0.25, 0.3) is 0 Å². The van der Waals surface area contributed by atoms with Crippen LogP contribution in [0.4, 0.5) is 19.3 Å². The summed E-state index contributed by atoms with van der Waals surface area (Å²) in [6.07, 6.45) is 3.25. The standard InChI is InChI=1S/C13H11BrF2N2O3/c14-8-4-10(16)11(5-9(8)15)18-13(21)17-7-2-1-6(3-7)12(19)20/h1-2,4-7H,3H2,(H,19,20)(H2,17,18,21). The third kappa shape index (κ3) is 3.78. The minimum absolute atomic E-state index is 0.0472. The molecule has 0 radical (unpaired) electrons. The van der Waals surface area contributed by atoms with Gasteiger partial charge in [-0.15, -0.1) is 0 Å². The molecule has 2 rings (SSSR count). The zero-order valence-corrected chi connectivity index (χ0v) is 12.2. The van der Waals surface area contributed by atoms with Crippen LogP contribution >= 0.6 is 15.9 Å². The highest BCUT2D eigenvalue weighted by atomic mass is 79.9. The highest BCUT2D eigenvalue weighted by Crippen LogP contribution is 2.23. The van der Waals surface area contributed by atoms with Crippen molar-refractivity contribution in [2.45, 2.75) is 12.5 Å². The Hall–Kier alpha value is -1.96. The molecule has 0 aliphatic heterocycles. The molecule has 8 heteroatoms. The summed E-state index contributed by atoms with van der Waals surface area (Å²) in [5.74, 6) is -3.13. The summed E-state index contributed by atoms with van der Waals surface area (Å²) in [5, 5.41) is 13.5. The van der Waals surface area contributed by atoms with Crippen molar-refractivity contribution < 1.29 is 23.5 Å². The molecule has 1 aliphatic rings. The van der Waals surface area contributed by atoms with E-state index in [-0.39, 0.29) is 16.6 Å². The summed E-state index contributed by atoms with van der Waals surface area (Å²) in [5.41, 5.74) is -0.301. The summed E-state index contributed by atoms with van der Waals surface area (Å²) >= 11 is 2.83. The van der Waals surface area contributed by atoms with E-state index >= 15 is 0 Å². The second-order valence-corrected chi connectivity index (χ2v) is 5.37. The van der Waals surface area contributed by atoms with Gasteiger partial charge in [0.15, 0.2) is 0 Å². The zero-order valence-electron chi connectivity index (χ0n) is 10.6. The summed E-state index contributed by atoms with van der Waals surface area (Å²) < 4.78 is 26.8. The molecule has 0 bridgehead atoms. The number of anilines is 1. The number of urea groups is 1. The first kappa shape index (κ1) is 15.4. The van der Waals surface area contributed by atoms with Crippen LogP contribution < -0.4 is 10.6 Å². The van der Waals surface area contributed by atoms with Gasteiger partial charge in [-0.1, -0.05) is 12.2 Å². The molecule has 1 aliphatic carbocycles. The van der Waals surface area contributed by atoms with Gasteiger partial charge in [-0.2, -0.15) is 0 Å². The van der Waals surface area contributed by atoms with Gasteiger partial charge >= 0.3 is 12.0 Å². The fourth-order valence-corrected chi connectivity index (χ4v) is 2.25. The Morgan fingerprint density at radius 2 is 1.95 bits per heavy atom. The van der Waals surface area contributed by atoms with Crippen LogP contribution in [0.1, 0.15) is 6.42 Å². The maximum atomic E-state index is 13.5. The van der Waals surface area contributed by atoms with E-state index < -0.39 is 35.6 Å². The predicted octanol–water partition coefficient (Wildman–Crippen LogP) is 2.88. The molecule has 0 fully saturated rings. The number of hydrogen-bond donors (Lipinski definition) is 3. The normalized spacial score (nSPS) is 20.3. The van der Waals surface area contributed by atoms with Crippen molar-refractivity contribution in [1.29, 1.82) is 0 Å². The molecule has 112 valence electrons. The van der Waals surface area contributed by atoms with Crippen molar-refractivity contribution in [1.82, 2.24) is 5.32 Å². The van der Waals surface area contributed by atoms with E-state index in [1.807, 2.05) is 0 Å². The number of rotatable bonds is 3. The highest BCUT2D eigenvalue weighted by molar-refractivity contribution is 9.10. The van der Waals surface area contributed by atoms with Crippen molar-refractivity contribution in [3.63, 3.8) is 0 Å². The minimum Gasteiger partial charge on any atom is -0.481 e. The molecule has 2 atom stereocenters. The molecule has 3 N–H and O–H groups in total. The number of amides is 2. The van der Waals surface area contributed by atoms with Crippen LogP contribution in [0.25, 0.3) is 0 Å². The number of halogens is 3. The van der Waals surface area contributed by atoms with Crippen LogP contribution in [0.5, 0.6) is 0 Å². The number of aliphatic carboxylic acids is 1. The van der Waals surface area contributed by atoms with Crippen LogP contribution in [0, 0.1) is 17.6 Å². The van der Waals surface area contributed by atoms with Gasteiger partial charge in [0.1, 0.15) is 11.6 Å². The van der Waals surface area contributed by atoms with Gasteiger partial charge in [-0.05, 0) is 28.4 Å². The molecule has 2 amide bonds. The fourth-order valence-electron chi connectivity index (χ4n) is 1.93. The molecular formula is C13H11BrF2N2O3. The maximum Gasteiger partial charge on any atom is 0.319 e. The quantitative estimate of drug-likeness (QED) is 0.572. The van der Waals surface area contributed by atoms with Crippen LogP contribution in [-0.4, -0.2) is 23.1 Å². The van der Waals surface area contributed by atoms with Crippen LogP contribution in [-0.2, 0) is 4.79 Å². The number of carboxylic acid groups (broad SMARTS) is 1. The van der Waals surface area contributed by atoms with Gasteiger partial charge in [0.05, 0.1) is 22.1 Å². The van der Waals surface area contributed by atoms with Gasteiger partial charge in [-0.25, -0.2) is 13.6 Å². The predicted molar refractivity (Wildman–Crippen MR) is 74.9 cm³/mol. The third-order valence-corrected chi connectivity index (χ3v) is 3.58. The van der Waals surface area contributed by atoms with Crippen LogP contribution in [0.2, 0.25) is 0 Å². The lowest BCUT2D eigenvalue weighted by molar-refractivity contribution is -0.140. The lowest BCUT2D eigenvalue weighted by Crippen LogP contribution is -2.36. The van der Waals surface area contributed by atoms with Gasteiger partial charge < -0.3 is 15.7 Å². The average Bonchev–Trinajstić information content (AvgIpc) is 2.84. The molecule has 0 saturated heterocycles. The lowest BCUT2D eigenvalue weighted by Gasteiger charge is -2.13. The Labute approximate surface area is 127 Å². The number of nitrogens with one attached hydrogen (secondary N) is 2.